The van der Waals surface area contributed by atoms with Gasteiger partial charge in [-0.05, 0) is 61.0 Å². The lowest BCUT2D eigenvalue weighted by molar-refractivity contribution is -0.300. The molecule has 0 radical (unpaired) electrons. The van der Waals surface area contributed by atoms with Crippen LogP contribution in [0.1, 0.15) is 70.2 Å². The Hall–Kier alpha value is -1.64. The molecule has 2 aromatic rings. The van der Waals surface area contributed by atoms with Crippen molar-refractivity contribution < 1.29 is 0 Å². The summed E-state index contributed by atoms with van der Waals surface area (Å²) in [6, 6.07) is 25.7. The Morgan fingerprint density at radius 2 is 1.47 bits per heavy atom. The molecule has 0 spiro atoms. The monoisotopic (exact) mass is 400 g/mol. The van der Waals surface area contributed by atoms with E-state index < -0.39 is 0 Å². The SMILES string of the molecule is C[C@H](c1ccccc1)N1[C@H]2CC[C@]3(C)[C@@H]4[C@H]2CC(C)(CN4[C@@H](C)c2ccccc2)[C@H]13. The van der Waals surface area contributed by atoms with Crippen molar-refractivity contribution in [3.8, 4) is 0 Å². The molecule has 5 saturated heterocycles. The third kappa shape index (κ3) is 2.38. The molecule has 2 aliphatic carbocycles. The van der Waals surface area contributed by atoms with E-state index in [-0.39, 0.29) is 0 Å². The molecule has 9 rings (SSSR count). The van der Waals surface area contributed by atoms with Gasteiger partial charge in [-0.15, -0.1) is 0 Å². The zero-order chi connectivity index (χ0) is 20.7. The molecule has 7 aliphatic rings. The van der Waals surface area contributed by atoms with E-state index in [1.54, 1.807) is 0 Å². The van der Waals surface area contributed by atoms with Gasteiger partial charge < -0.3 is 0 Å². The second-order valence-corrected chi connectivity index (χ2v) is 11.3. The van der Waals surface area contributed by atoms with Crippen LogP contribution >= 0.6 is 0 Å². The van der Waals surface area contributed by atoms with Crippen molar-refractivity contribution in [1.82, 2.24) is 9.80 Å². The van der Waals surface area contributed by atoms with Crippen molar-refractivity contribution in [2.24, 2.45) is 16.7 Å². The quantitative estimate of drug-likeness (QED) is 0.614. The second-order valence-electron chi connectivity index (χ2n) is 11.3. The summed E-state index contributed by atoms with van der Waals surface area (Å²) >= 11 is 0. The Labute approximate surface area is 182 Å². The molecule has 6 bridgehead atoms. The van der Waals surface area contributed by atoms with Gasteiger partial charge in [0.1, 0.15) is 0 Å². The minimum absolute atomic E-state index is 0.386. The van der Waals surface area contributed by atoms with Gasteiger partial charge in [-0.3, -0.25) is 9.80 Å². The molecule has 2 aromatic carbocycles. The van der Waals surface area contributed by atoms with Gasteiger partial charge in [0.2, 0.25) is 0 Å². The van der Waals surface area contributed by atoms with Gasteiger partial charge in [0.15, 0.2) is 0 Å². The first-order chi connectivity index (χ1) is 14.4. The number of fused-ring (bicyclic) bond motifs is 2. The van der Waals surface area contributed by atoms with E-state index in [4.69, 9.17) is 0 Å². The minimum Gasteiger partial charge on any atom is -0.292 e. The lowest BCUT2D eigenvalue weighted by Crippen LogP contribution is -2.85. The van der Waals surface area contributed by atoms with Crippen molar-refractivity contribution in [2.45, 2.75) is 77.2 Å². The maximum Gasteiger partial charge on any atom is 0.0326 e. The number of hydrogen-bond acceptors (Lipinski definition) is 2. The third-order valence-corrected chi connectivity index (χ3v) is 9.63. The molecule has 8 atom stereocenters. The molecule has 5 heterocycles. The van der Waals surface area contributed by atoms with Gasteiger partial charge in [-0.1, -0.05) is 74.5 Å². The zero-order valence-electron chi connectivity index (χ0n) is 19.0. The first kappa shape index (κ1) is 19.1. The first-order valence-electron chi connectivity index (χ1n) is 12.1. The minimum atomic E-state index is 0.386. The fourth-order valence-electron chi connectivity index (χ4n) is 8.78. The van der Waals surface area contributed by atoms with E-state index in [0.717, 1.165) is 18.0 Å². The summed E-state index contributed by atoms with van der Waals surface area (Å²) in [6.45, 7) is 11.4. The normalized spacial score (nSPS) is 41.9. The lowest BCUT2D eigenvalue weighted by Gasteiger charge is -2.80. The smallest absolute Gasteiger partial charge is 0.0326 e. The van der Waals surface area contributed by atoms with Crippen LogP contribution in [0.2, 0.25) is 0 Å². The third-order valence-electron chi connectivity index (χ3n) is 9.63. The second kappa shape index (κ2) is 6.43. The highest BCUT2D eigenvalue weighted by molar-refractivity contribution is 5.31. The number of benzene rings is 2. The summed E-state index contributed by atoms with van der Waals surface area (Å²) in [5.74, 6) is 0.810. The summed E-state index contributed by atoms with van der Waals surface area (Å²) in [5, 5.41) is 0. The lowest BCUT2D eigenvalue weighted by atomic mass is 9.40. The highest BCUT2D eigenvalue weighted by Crippen LogP contribution is 2.70. The predicted octanol–water partition coefficient (Wildman–Crippen LogP) is 6.07. The van der Waals surface area contributed by atoms with Crippen molar-refractivity contribution in [1.29, 1.82) is 0 Å². The summed E-state index contributed by atoms with van der Waals surface area (Å²) in [5.41, 5.74) is 3.76. The van der Waals surface area contributed by atoms with Gasteiger partial charge in [0.25, 0.3) is 0 Å². The summed E-state index contributed by atoms with van der Waals surface area (Å²) < 4.78 is 0. The van der Waals surface area contributed by atoms with Gasteiger partial charge >= 0.3 is 0 Å². The number of hydrogen-bond donors (Lipinski definition) is 0. The summed E-state index contributed by atoms with van der Waals surface area (Å²) in [4.78, 5) is 5.92. The van der Waals surface area contributed by atoms with Crippen LogP contribution in [-0.2, 0) is 0 Å². The largest absolute Gasteiger partial charge is 0.292 e. The van der Waals surface area contributed by atoms with E-state index >= 15 is 0 Å². The van der Waals surface area contributed by atoms with E-state index in [9.17, 15) is 0 Å². The van der Waals surface area contributed by atoms with Crippen LogP contribution in [0.5, 0.6) is 0 Å². The molecular weight excluding hydrogens is 364 g/mol. The predicted molar refractivity (Wildman–Crippen MR) is 123 cm³/mol. The van der Waals surface area contributed by atoms with Crippen LogP contribution in [0, 0.1) is 16.7 Å². The van der Waals surface area contributed by atoms with Gasteiger partial charge in [-0.25, -0.2) is 0 Å². The molecule has 0 N–H and O–H groups in total. The molecule has 7 fully saturated rings. The van der Waals surface area contributed by atoms with Gasteiger partial charge in [0, 0.05) is 36.8 Å². The average molecular weight is 401 g/mol. The Kier molecular flexibility index (Phi) is 4.09. The first-order valence-corrected chi connectivity index (χ1v) is 12.1. The molecule has 0 amide bonds. The van der Waals surface area contributed by atoms with E-state index in [0.29, 0.717) is 29.0 Å². The molecule has 1 unspecified atom stereocenters. The van der Waals surface area contributed by atoms with Crippen LogP contribution in [0.4, 0.5) is 0 Å². The highest BCUT2D eigenvalue weighted by atomic mass is 15.4. The maximum absolute atomic E-state index is 2.99. The molecule has 2 nitrogen and oxygen atoms in total. The average Bonchev–Trinajstić information content (AvgIpc) is 2.77. The number of rotatable bonds is 4. The summed E-state index contributed by atoms with van der Waals surface area (Å²) in [7, 11) is 0. The maximum atomic E-state index is 2.99. The van der Waals surface area contributed by atoms with Gasteiger partial charge in [0.05, 0.1) is 0 Å². The summed E-state index contributed by atoms with van der Waals surface area (Å²) in [6.07, 6.45) is 4.21. The standard InChI is InChI=1S/C28H36N2/c1-19(21-11-7-5-8-12-21)29-18-27(3)17-23-24-15-16-28(4,25(23)29)26(27)30(24)20(2)22-13-9-6-10-14-22/h5-14,19-20,23-26H,15-18H2,1-4H3/t19-,20+,23-,24-,25-,26-,27?,28+/m0/s1. The number of piperidine rings is 5. The Bertz CT molecular complexity index is 926. The molecule has 30 heavy (non-hydrogen) atoms. The van der Waals surface area contributed by atoms with Crippen LogP contribution in [0.3, 0.4) is 0 Å². The molecule has 2 heteroatoms. The molecule has 158 valence electrons. The zero-order valence-corrected chi connectivity index (χ0v) is 19.0. The molecule has 2 saturated carbocycles. The van der Waals surface area contributed by atoms with Crippen molar-refractivity contribution in [2.75, 3.05) is 6.54 Å². The van der Waals surface area contributed by atoms with Gasteiger partial charge in [-0.2, -0.15) is 0 Å². The molecule has 0 aromatic heterocycles. The van der Waals surface area contributed by atoms with E-state index in [1.807, 2.05) is 0 Å². The number of nitrogens with zero attached hydrogens (tertiary/aromatic N) is 2. The highest BCUT2D eigenvalue weighted by Gasteiger charge is 2.73. The molecule has 5 aliphatic heterocycles. The van der Waals surface area contributed by atoms with E-state index in [2.05, 4.69) is 98.2 Å². The Balaban J connectivity index is 1.40. The van der Waals surface area contributed by atoms with Crippen molar-refractivity contribution >= 4 is 0 Å². The fourth-order valence-corrected chi connectivity index (χ4v) is 8.78. The fraction of sp³-hybridized carbons (Fsp3) is 0.571. The van der Waals surface area contributed by atoms with Crippen LogP contribution in [-0.4, -0.2) is 34.5 Å². The van der Waals surface area contributed by atoms with Crippen molar-refractivity contribution in [3.05, 3.63) is 71.8 Å². The van der Waals surface area contributed by atoms with Crippen LogP contribution in [0.15, 0.2) is 60.7 Å². The van der Waals surface area contributed by atoms with E-state index in [1.165, 1.54) is 36.9 Å². The molecular formula is C28H36N2. The Morgan fingerprint density at radius 1 is 0.867 bits per heavy atom. The Morgan fingerprint density at radius 3 is 2.07 bits per heavy atom. The van der Waals surface area contributed by atoms with Crippen LogP contribution < -0.4 is 0 Å². The topological polar surface area (TPSA) is 6.48 Å². The van der Waals surface area contributed by atoms with Crippen LogP contribution in [0.25, 0.3) is 0 Å². The van der Waals surface area contributed by atoms with Crippen molar-refractivity contribution in [3.63, 3.8) is 0 Å².